The smallest absolute Gasteiger partial charge is 0.254 e. The SMILES string of the molecule is Cc1ccc(C(=O)N(Cc2ccc(F)cc2)Cc2ccc(C)o2)cc1. The molecule has 0 bridgehead atoms. The highest BCUT2D eigenvalue weighted by Crippen LogP contribution is 2.17. The van der Waals surface area contributed by atoms with Crippen molar-refractivity contribution in [2.75, 3.05) is 0 Å². The predicted molar refractivity (Wildman–Crippen MR) is 94.6 cm³/mol. The molecule has 4 heteroatoms. The molecule has 1 heterocycles. The van der Waals surface area contributed by atoms with Crippen molar-refractivity contribution in [3.8, 4) is 0 Å². The third-order valence-electron chi connectivity index (χ3n) is 4.02. The van der Waals surface area contributed by atoms with Crippen molar-refractivity contribution < 1.29 is 13.6 Å². The van der Waals surface area contributed by atoms with E-state index in [0.29, 0.717) is 18.7 Å². The molecule has 2 aromatic carbocycles. The van der Waals surface area contributed by atoms with Crippen LogP contribution in [0.1, 0.15) is 33.0 Å². The van der Waals surface area contributed by atoms with Gasteiger partial charge in [0.15, 0.2) is 0 Å². The lowest BCUT2D eigenvalue weighted by molar-refractivity contribution is 0.0717. The third-order valence-corrected chi connectivity index (χ3v) is 4.02. The normalized spacial score (nSPS) is 10.7. The number of rotatable bonds is 5. The van der Waals surface area contributed by atoms with E-state index >= 15 is 0 Å². The predicted octanol–water partition coefficient (Wildman–Crippen LogP) is 4.88. The minimum Gasteiger partial charge on any atom is -0.464 e. The van der Waals surface area contributed by atoms with Gasteiger partial charge in [-0.15, -0.1) is 0 Å². The Kier molecular flexibility index (Phi) is 4.98. The molecule has 1 amide bonds. The zero-order valence-electron chi connectivity index (χ0n) is 14.3. The number of hydrogen-bond donors (Lipinski definition) is 0. The van der Waals surface area contributed by atoms with Crippen LogP contribution in [-0.2, 0) is 13.1 Å². The molecule has 3 aromatic rings. The van der Waals surface area contributed by atoms with Crippen LogP contribution in [0, 0.1) is 19.7 Å². The number of carbonyl (C=O) groups is 1. The monoisotopic (exact) mass is 337 g/mol. The summed E-state index contributed by atoms with van der Waals surface area (Å²) in [6.07, 6.45) is 0. The number of nitrogens with zero attached hydrogens (tertiary/aromatic N) is 1. The maximum absolute atomic E-state index is 13.1. The average molecular weight is 337 g/mol. The molecule has 0 spiro atoms. The number of furan rings is 1. The van der Waals surface area contributed by atoms with Crippen LogP contribution in [0.3, 0.4) is 0 Å². The average Bonchev–Trinajstić information content (AvgIpc) is 3.01. The molecule has 0 aliphatic heterocycles. The van der Waals surface area contributed by atoms with Crippen LogP contribution in [0.25, 0.3) is 0 Å². The van der Waals surface area contributed by atoms with E-state index in [4.69, 9.17) is 4.42 Å². The Bertz CT molecular complexity index is 850. The lowest BCUT2D eigenvalue weighted by Gasteiger charge is -2.22. The van der Waals surface area contributed by atoms with Crippen LogP contribution in [0.5, 0.6) is 0 Å². The highest BCUT2D eigenvalue weighted by atomic mass is 19.1. The lowest BCUT2D eigenvalue weighted by Crippen LogP contribution is -2.30. The molecule has 25 heavy (non-hydrogen) atoms. The number of hydrogen-bond acceptors (Lipinski definition) is 2. The quantitative estimate of drug-likeness (QED) is 0.665. The van der Waals surface area contributed by atoms with Crippen molar-refractivity contribution in [1.82, 2.24) is 4.90 Å². The van der Waals surface area contributed by atoms with Crippen molar-refractivity contribution in [3.05, 3.63) is 94.7 Å². The van der Waals surface area contributed by atoms with Gasteiger partial charge >= 0.3 is 0 Å². The first-order valence-corrected chi connectivity index (χ1v) is 8.17. The Morgan fingerprint density at radius 1 is 0.920 bits per heavy atom. The Labute approximate surface area is 146 Å². The van der Waals surface area contributed by atoms with Crippen LogP contribution >= 0.6 is 0 Å². The zero-order valence-corrected chi connectivity index (χ0v) is 14.3. The van der Waals surface area contributed by atoms with Gasteiger partial charge in [0, 0.05) is 12.1 Å². The van der Waals surface area contributed by atoms with Gasteiger partial charge in [-0.1, -0.05) is 29.8 Å². The van der Waals surface area contributed by atoms with Gasteiger partial charge in [-0.2, -0.15) is 0 Å². The molecule has 3 nitrogen and oxygen atoms in total. The summed E-state index contributed by atoms with van der Waals surface area (Å²) >= 11 is 0. The fraction of sp³-hybridized carbons (Fsp3) is 0.190. The van der Waals surface area contributed by atoms with Crippen LogP contribution in [0.4, 0.5) is 4.39 Å². The molecule has 0 atom stereocenters. The first-order valence-electron chi connectivity index (χ1n) is 8.17. The van der Waals surface area contributed by atoms with Gasteiger partial charge in [-0.25, -0.2) is 4.39 Å². The Morgan fingerprint density at radius 2 is 1.60 bits per heavy atom. The summed E-state index contributed by atoms with van der Waals surface area (Å²) in [5.41, 5.74) is 2.59. The van der Waals surface area contributed by atoms with Crippen LogP contribution in [0.2, 0.25) is 0 Å². The zero-order chi connectivity index (χ0) is 17.8. The van der Waals surface area contributed by atoms with Crippen molar-refractivity contribution >= 4 is 5.91 Å². The maximum atomic E-state index is 13.1. The Balaban J connectivity index is 1.85. The Morgan fingerprint density at radius 3 is 2.20 bits per heavy atom. The molecule has 0 N–H and O–H groups in total. The summed E-state index contributed by atoms with van der Waals surface area (Å²) in [6, 6.07) is 17.4. The molecule has 0 radical (unpaired) electrons. The number of halogens is 1. The second-order valence-corrected chi connectivity index (χ2v) is 6.17. The maximum Gasteiger partial charge on any atom is 0.254 e. The Hall–Kier alpha value is -2.88. The first kappa shape index (κ1) is 17.0. The number of benzene rings is 2. The largest absolute Gasteiger partial charge is 0.464 e. The molecule has 3 rings (SSSR count). The molecule has 0 fully saturated rings. The minimum absolute atomic E-state index is 0.0848. The summed E-state index contributed by atoms with van der Waals surface area (Å²) in [4.78, 5) is 14.7. The molecule has 0 unspecified atom stereocenters. The summed E-state index contributed by atoms with van der Waals surface area (Å²) in [5.74, 6) is 1.15. The first-order chi connectivity index (χ1) is 12.0. The molecule has 0 aliphatic rings. The van der Waals surface area contributed by atoms with E-state index in [9.17, 15) is 9.18 Å². The second kappa shape index (κ2) is 7.34. The highest BCUT2D eigenvalue weighted by molar-refractivity contribution is 5.94. The number of amides is 1. The van der Waals surface area contributed by atoms with Crippen molar-refractivity contribution in [2.24, 2.45) is 0 Å². The molecule has 1 aromatic heterocycles. The van der Waals surface area contributed by atoms with Gasteiger partial charge in [0.05, 0.1) is 6.54 Å². The topological polar surface area (TPSA) is 33.5 Å². The fourth-order valence-corrected chi connectivity index (χ4v) is 2.65. The van der Waals surface area contributed by atoms with E-state index in [-0.39, 0.29) is 11.7 Å². The third kappa shape index (κ3) is 4.35. The van der Waals surface area contributed by atoms with Crippen LogP contribution < -0.4 is 0 Å². The van der Waals surface area contributed by atoms with Gasteiger partial charge in [0.2, 0.25) is 0 Å². The molecule has 0 aliphatic carbocycles. The van der Waals surface area contributed by atoms with Gasteiger partial charge in [0.1, 0.15) is 17.3 Å². The molecule has 128 valence electrons. The van der Waals surface area contributed by atoms with Crippen molar-refractivity contribution in [2.45, 2.75) is 26.9 Å². The van der Waals surface area contributed by atoms with Gasteiger partial charge in [-0.3, -0.25) is 4.79 Å². The van der Waals surface area contributed by atoms with Crippen LogP contribution in [0.15, 0.2) is 65.1 Å². The number of aryl methyl sites for hydroxylation is 2. The van der Waals surface area contributed by atoms with E-state index in [2.05, 4.69) is 0 Å². The van der Waals surface area contributed by atoms with Crippen LogP contribution in [-0.4, -0.2) is 10.8 Å². The van der Waals surface area contributed by atoms with E-state index in [0.717, 1.165) is 22.6 Å². The highest BCUT2D eigenvalue weighted by Gasteiger charge is 2.18. The van der Waals surface area contributed by atoms with E-state index in [1.54, 1.807) is 17.0 Å². The minimum atomic E-state index is -0.290. The second-order valence-electron chi connectivity index (χ2n) is 6.17. The number of carbonyl (C=O) groups excluding carboxylic acids is 1. The van der Waals surface area contributed by atoms with E-state index < -0.39 is 0 Å². The van der Waals surface area contributed by atoms with Crippen molar-refractivity contribution in [3.63, 3.8) is 0 Å². The summed E-state index contributed by atoms with van der Waals surface area (Å²) < 4.78 is 18.8. The van der Waals surface area contributed by atoms with E-state index in [1.165, 1.54) is 12.1 Å². The van der Waals surface area contributed by atoms with Gasteiger partial charge < -0.3 is 9.32 Å². The summed E-state index contributed by atoms with van der Waals surface area (Å²) in [7, 11) is 0. The molecule has 0 saturated carbocycles. The van der Waals surface area contributed by atoms with Gasteiger partial charge in [-0.05, 0) is 55.8 Å². The lowest BCUT2D eigenvalue weighted by atomic mass is 10.1. The van der Waals surface area contributed by atoms with Crippen molar-refractivity contribution in [1.29, 1.82) is 0 Å². The van der Waals surface area contributed by atoms with Gasteiger partial charge in [0.25, 0.3) is 5.91 Å². The van der Waals surface area contributed by atoms with E-state index in [1.807, 2.05) is 50.2 Å². The molecular weight excluding hydrogens is 317 g/mol. The standard InChI is InChI=1S/C21H20FNO2/c1-15-3-8-18(9-4-15)21(24)23(14-20-12-5-16(2)25-20)13-17-6-10-19(22)11-7-17/h3-12H,13-14H2,1-2H3. The summed E-state index contributed by atoms with van der Waals surface area (Å²) in [5, 5.41) is 0. The fourth-order valence-electron chi connectivity index (χ4n) is 2.65. The molecule has 0 saturated heterocycles. The summed E-state index contributed by atoms with van der Waals surface area (Å²) in [6.45, 7) is 4.59. The molecular formula is C21H20FNO2.